The van der Waals surface area contributed by atoms with Crippen LogP contribution in [0.2, 0.25) is 5.02 Å². The molecule has 0 aliphatic carbocycles. The smallest absolute Gasteiger partial charge is 0.267 e. The van der Waals surface area contributed by atoms with Gasteiger partial charge in [0.2, 0.25) is 5.89 Å². The largest absolute Gasteiger partial charge is 0.436 e. The number of hydrogen-bond donors (Lipinski definition) is 1. The average Bonchev–Trinajstić information content (AvgIpc) is 3.40. The molecule has 0 saturated heterocycles. The number of anilines is 1. The fraction of sp³-hybridized carbons (Fsp3) is 0.154. The molecule has 0 radical (unpaired) electrons. The summed E-state index contributed by atoms with van der Waals surface area (Å²) in [6.07, 6.45) is 1.08. The first-order valence-corrected chi connectivity index (χ1v) is 11.7. The van der Waals surface area contributed by atoms with E-state index in [1.807, 2.05) is 54.6 Å². The minimum Gasteiger partial charge on any atom is -0.436 e. The van der Waals surface area contributed by atoms with Crippen LogP contribution in [0.4, 0.5) is 5.69 Å². The molecule has 32 heavy (non-hydrogen) atoms. The number of carbonyl (C=O) groups excluding carboxylic acids is 1. The van der Waals surface area contributed by atoms with Crippen molar-refractivity contribution in [1.29, 1.82) is 0 Å². The number of thiophene rings is 1. The Morgan fingerprint density at radius 1 is 1.12 bits per heavy atom. The second-order valence-corrected chi connectivity index (χ2v) is 9.26. The van der Waals surface area contributed by atoms with E-state index in [0.29, 0.717) is 27.4 Å². The zero-order valence-corrected chi connectivity index (χ0v) is 19.3. The highest BCUT2D eigenvalue weighted by Gasteiger charge is 2.17. The van der Waals surface area contributed by atoms with Crippen LogP contribution in [0.15, 0.2) is 71.1 Å². The Kier molecular flexibility index (Phi) is 5.45. The van der Waals surface area contributed by atoms with Crippen LogP contribution in [0.25, 0.3) is 32.6 Å². The summed E-state index contributed by atoms with van der Waals surface area (Å²) in [5, 5.41) is 4.31. The van der Waals surface area contributed by atoms with Gasteiger partial charge in [-0.25, -0.2) is 4.98 Å². The Morgan fingerprint density at radius 3 is 2.66 bits per heavy atom. The van der Waals surface area contributed by atoms with E-state index in [1.165, 1.54) is 16.9 Å². The summed E-state index contributed by atoms with van der Waals surface area (Å²) in [6, 6.07) is 21.4. The highest BCUT2D eigenvalue weighted by Crippen LogP contribution is 2.35. The number of nitrogens with one attached hydrogen (secondary N) is 1. The molecule has 3 aromatic carbocycles. The van der Waals surface area contributed by atoms with Gasteiger partial charge in [-0.3, -0.25) is 4.79 Å². The van der Waals surface area contributed by atoms with Crippen LogP contribution in [0.3, 0.4) is 0 Å². The fourth-order valence-electron chi connectivity index (χ4n) is 3.65. The molecule has 1 N–H and O–H groups in total. The van der Waals surface area contributed by atoms with E-state index in [1.54, 1.807) is 0 Å². The summed E-state index contributed by atoms with van der Waals surface area (Å²) in [4.78, 5) is 17.9. The molecule has 6 heteroatoms. The van der Waals surface area contributed by atoms with Crippen LogP contribution in [0, 0.1) is 0 Å². The van der Waals surface area contributed by atoms with Gasteiger partial charge in [-0.2, -0.15) is 0 Å². The standard InChI is InChI=1S/C26H21ClN2O2S/c1-3-15(2)17-10-13-21-20(14-17)29-26(31-21)16-8-11-18(12-9-16)28-25(30)24-23(27)19-6-4-5-7-22(19)32-24/h4-15H,3H2,1-2H3,(H,28,30)/t15-/m1/s1. The second kappa shape index (κ2) is 8.41. The van der Waals surface area contributed by atoms with Crippen molar-refractivity contribution in [3.8, 4) is 11.5 Å². The maximum absolute atomic E-state index is 12.8. The Labute approximate surface area is 194 Å². The van der Waals surface area contributed by atoms with Gasteiger partial charge in [0.05, 0.1) is 5.02 Å². The van der Waals surface area contributed by atoms with E-state index >= 15 is 0 Å². The number of rotatable bonds is 5. The number of benzene rings is 3. The molecule has 2 aromatic heterocycles. The third kappa shape index (κ3) is 3.78. The van der Waals surface area contributed by atoms with E-state index in [-0.39, 0.29) is 5.91 Å². The van der Waals surface area contributed by atoms with Gasteiger partial charge in [-0.15, -0.1) is 11.3 Å². The molecule has 1 atom stereocenters. The van der Waals surface area contributed by atoms with Crippen molar-refractivity contribution in [2.24, 2.45) is 0 Å². The number of aromatic nitrogens is 1. The molecule has 5 aromatic rings. The van der Waals surface area contributed by atoms with Crippen molar-refractivity contribution in [3.63, 3.8) is 0 Å². The number of halogens is 1. The molecule has 4 nitrogen and oxygen atoms in total. The fourth-order valence-corrected chi connectivity index (χ4v) is 5.07. The Hall–Kier alpha value is -3.15. The average molecular weight is 461 g/mol. The topological polar surface area (TPSA) is 55.1 Å². The summed E-state index contributed by atoms with van der Waals surface area (Å²) in [6.45, 7) is 4.39. The van der Waals surface area contributed by atoms with E-state index < -0.39 is 0 Å². The third-order valence-corrected chi connectivity index (χ3v) is 7.40. The molecule has 0 aliphatic rings. The number of nitrogens with zero attached hydrogens (tertiary/aromatic N) is 1. The molecular weight excluding hydrogens is 440 g/mol. The first-order chi connectivity index (χ1) is 15.5. The van der Waals surface area contributed by atoms with Crippen LogP contribution in [0.1, 0.15) is 41.4 Å². The third-order valence-electron chi connectivity index (χ3n) is 5.72. The number of fused-ring (bicyclic) bond motifs is 2. The predicted molar refractivity (Wildman–Crippen MR) is 133 cm³/mol. The van der Waals surface area contributed by atoms with Gasteiger partial charge in [-0.1, -0.05) is 49.7 Å². The first-order valence-electron chi connectivity index (χ1n) is 10.5. The number of hydrogen-bond acceptors (Lipinski definition) is 4. The van der Waals surface area contributed by atoms with Crippen LogP contribution < -0.4 is 5.32 Å². The van der Waals surface area contributed by atoms with Gasteiger partial charge >= 0.3 is 0 Å². The molecule has 2 heterocycles. The van der Waals surface area contributed by atoms with Gasteiger partial charge in [0, 0.05) is 21.3 Å². The lowest BCUT2D eigenvalue weighted by atomic mass is 9.98. The summed E-state index contributed by atoms with van der Waals surface area (Å²) in [5.41, 5.74) is 4.42. The Bertz CT molecular complexity index is 1440. The number of amides is 1. The highest BCUT2D eigenvalue weighted by atomic mass is 35.5. The van der Waals surface area contributed by atoms with Crippen LogP contribution in [0.5, 0.6) is 0 Å². The molecule has 0 bridgehead atoms. The number of carbonyl (C=O) groups is 1. The Morgan fingerprint density at radius 2 is 1.91 bits per heavy atom. The van der Waals surface area contributed by atoms with E-state index in [4.69, 9.17) is 16.0 Å². The second-order valence-electron chi connectivity index (χ2n) is 7.83. The molecule has 0 unspecified atom stereocenters. The molecule has 5 rings (SSSR count). The van der Waals surface area contributed by atoms with Crippen molar-refractivity contribution >= 4 is 55.7 Å². The van der Waals surface area contributed by atoms with Gasteiger partial charge in [0.25, 0.3) is 5.91 Å². The van der Waals surface area contributed by atoms with E-state index in [2.05, 4.69) is 36.3 Å². The summed E-state index contributed by atoms with van der Waals surface area (Å²) in [7, 11) is 0. The van der Waals surface area contributed by atoms with E-state index in [9.17, 15) is 4.79 Å². The van der Waals surface area contributed by atoms with Crippen molar-refractivity contribution in [2.75, 3.05) is 5.32 Å². The van der Waals surface area contributed by atoms with Gasteiger partial charge in [0.15, 0.2) is 5.58 Å². The molecule has 0 aliphatic heterocycles. The van der Waals surface area contributed by atoms with E-state index in [0.717, 1.165) is 33.2 Å². The maximum atomic E-state index is 12.8. The molecule has 0 spiro atoms. The normalized spacial score (nSPS) is 12.3. The minimum absolute atomic E-state index is 0.219. The first kappa shape index (κ1) is 20.7. The monoisotopic (exact) mass is 460 g/mol. The molecule has 0 saturated carbocycles. The van der Waals surface area contributed by atoms with Gasteiger partial charge in [-0.05, 0) is 60.4 Å². The van der Waals surface area contributed by atoms with Gasteiger partial charge in [0.1, 0.15) is 10.4 Å². The molecule has 160 valence electrons. The lowest BCUT2D eigenvalue weighted by Gasteiger charge is -2.07. The van der Waals surface area contributed by atoms with Crippen LogP contribution in [-0.4, -0.2) is 10.9 Å². The quantitative estimate of drug-likeness (QED) is 0.288. The number of oxazole rings is 1. The Balaban J connectivity index is 1.36. The SMILES string of the molecule is CC[C@@H](C)c1ccc2oc(-c3ccc(NC(=O)c4sc5ccccc5c4Cl)cc3)nc2c1. The van der Waals surface area contributed by atoms with Crippen molar-refractivity contribution in [1.82, 2.24) is 4.98 Å². The lowest BCUT2D eigenvalue weighted by molar-refractivity contribution is 0.103. The highest BCUT2D eigenvalue weighted by molar-refractivity contribution is 7.21. The summed E-state index contributed by atoms with van der Waals surface area (Å²) >= 11 is 7.82. The van der Waals surface area contributed by atoms with Crippen molar-refractivity contribution in [2.45, 2.75) is 26.2 Å². The van der Waals surface area contributed by atoms with Crippen LogP contribution >= 0.6 is 22.9 Å². The lowest BCUT2D eigenvalue weighted by Crippen LogP contribution is -2.10. The zero-order chi connectivity index (χ0) is 22.2. The maximum Gasteiger partial charge on any atom is 0.267 e. The zero-order valence-electron chi connectivity index (χ0n) is 17.7. The molecular formula is C26H21ClN2O2S. The summed E-state index contributed by atoms with van der Waals surface area (Å²) < 4.78 is 6.94. The summed E-state index contributed by atoms with van der Waals surface area (Å²) in [5.74, 6) is 0.826. The molecule has 0 fully saturated rings. The molecule has 1 amide bonds. The predicted octanol–water partition coefficient (Wildman–Crippen LogP) is 8.13. The van der Waals surface area contributed by atoms with Crippen LogP contribution in [-0.2, 0) is 0 Å². The van der Waals surface area contributed by atoms with Crippen molar-refractivity contribution in [3.05, 3.63) is 82.2 Å². The van der Waals surface area contributed by atoms with Gasteiger partial charge < -0.3 is 9.73 Å². The minimum atomic E-state index is -0.219. The van der Waals surface area contributed by atoms with Crippen molar-refractivity contribution < 1.29 is 9.21 Å².